The zero-order valence-electron chi connectivity index (χ0n) is 14.8. The maximum absolute atomic E-state index is 11.9. The monoisotopic (exact) mass is 338 g/mol. The van der Waals surface area contributed by atoms with Crippen LogP contribution in [0.15, 0.2) is 36.5 Å². The molecule has 0 fully saturated rings. The van der Waals surface area contributed by atoms with Gasteiger partial charge in [0.15, 0.2) is 0 Å². The molecular weight excluding hydrogens is 316 g/mol. The Hall–Kier alpha value is -2.89. The molecule has 0 aliphatic rings. The fourth-order valence-electron chi connectivity index (χ4n) is 2.48. The van der Waals surface area contributed by atoms with Crippen LogP contribution in [0.1, 0.15) is 27.7 Å². The fourth-order valence-corrected chi connectivity index (χ4v) is 2.48. The summed E-state index contributed by atoms with van der Waals surface area (Å²) in [5, 5.41) is 11.2. The fraction of sp³-hybridized carbons (Fsp3) is 0.316. The number of hydrogen-bond acceptors (Lipinski definition) is 4. The van der Waals surface area contributed by atoms with Crippen LogP contribution in [-0.2, 0) is 4.79 Å². The Morgan fingerprint density at radius 3 is 2.68 bits per heavy atom. The summed E-state index contributed by atoms with van der Waals surface area (Å²) in [7, 11) is 0. The van der Waals surface area contributed by atoms with Crippen molar-refractivity contribution in [2.24, 2.45) is 5.92 Å². The van der Waals surface area contributed by atoms with E-state index in [0.717, 1.165) is 27.9 Å². The van der Waals surface area contributed by atoms with E-state index in [-0.39, 0.29) is 17.9 Å². The highest BCUT2D eigenvalue weighted by molar-refractivity contribution is 5.95. The molecule has 1 aromatic carbocycles. The minimum absolute atomic E-state index is 0.0656. The lowest BCUT2D eigenvalue weighted by Gasteiger charge is -2.10. The van der Waals surface area contributed by atoms with Crippen molar-refractivity contribution in [2.45, 2.75) is 33.8 Å². The number of aromatic nitrogens is 3. The van der Waals surface area contributed by atoms with Gasteiger partial charge in [-0.3, -0.25) is 9.89 Å². The number of carbonyl (C=O) groups is 1. The normalized spacial score (nSPS) is 11.3. The highest BCUT2D eigenvalue weighted by atomic mass is 16.5. The summed E-state index contributed by atoms with van der Waals surface area (Å²) in [4.78, 5) is 16.1. The molecule has 1 amide bonds. The van der Waals surface area contributed by atoms with E-state index < -0.39 is 0 Å². The topological polar surface area (TPSA) is 79.9 Å². The van der Waals surface area contributed by atoms with Crippen molar-refractivity contribution in [3.63, 3.8) is 0 Å². The van der Waals surface area contributed by atoms with Crippen LogP contribution in [0.3, 0.4) is 0 Å². The molecule has 6 nitrogen and oxygen atoms in total. The Morgan fingerprint density at radius 2 is 1.96 bits per heavy atom. The number of fused-ring (bicyclic) bond motifs is 1. The molecule has 3 rings (SSSR count). The van der Waals surface area contributed by atoms with E-state index in [0.29, 0.717) is 5.82 Å². The maximum atomic E-state index is 11.9. The van der Waals surface area contributed by atoms with Gasteiger partial charge in [-0.2, -0.15) is 5.10 Å². The van der Waals surface area contributed by atoms with Crippen molar-refractivity contribution in [2.75, 3.05) is 5.32 Å². The number of carbonyl (C=O) groups excluding carboxylic acids is 1. The third kappa shape index (κ3) is 3.79. The van der Waals surface area contributed by atoms with Gasteiger partial charge in [0.25, 0.3) is 0 Å². The van der Waals surface area contributed by atoms with Crippen molar-refractivity contribution in [1.82, 2.24) is 15.2 Å². The minimum atomic E-state index is -0.104. The quantitative estimate of drug-likeness (QED) is 0.737. The van der Waals surface area contributed by atoms with E-state index in [1.807, 2.05) is 58.0 Å². The Labute approximate surface area is 146 Å². The van der Waals surface area contributed by atoms with E-state index in [4.69, 9.17) is 4.74 Å². The first-order valence-corrected chi connectivity index (χ1v) is 8.36. The molecule has 0 saturated carbocycles. The molecule has 0 atom stereocenters. The van der Waals surface area contributed by atoms with Gasteiger partial charge in [0, 0.05) is 23.1 Å². The second kappa shape index (κ2) is 6.93. The second-order valence-corrected chi connectivity index (χ2v) is 6.52. The number of anilines is 1. The van der Waals surface area contributed by atoms with Crippen molar-refractivity contribution in [3.8, 4) is 17.0 Å². The predicted octanol–water partition coefficient (Wildman–Crippen LogP) is 4.01. The number of amides is 1. The molecule has 0 aliphatic carbocycles. The summed E-state index contributed by atoms with van der Waals surface area (Å²) >= 11 is 0. The van der Waals surface area contributed by atoms with Crippen LogP contribution in [0.2, 0.25) is 0 Å². The highest BCUT2D eigenvalue weighted by Crippen LogP contribution is 2.30. The van der Waals surface area contributed by atoms with Crippen molar-refractivity contribution < 1.29 is 9.53 Å². The molecule has 2 N–H and O–H groups in total. The van der Waals surface area contributed by atoms with Crippen LogP contribution in [0.25, 0.3) is 22.2 Å². The van der Waals surface area contributed by atoms with Gasteiger partial charge in [-0.15, -0.1) is 0 Å². The SMILES string of the molecule is CC(C)Oc1ccc2[nH]nc(-c3ccnc(NC(=O)C(C)C)c3)c2c1. The molecule has 0 saturated heterocycles. The van der Waals surface area contributed by atoms with Gasteiger partial charge in [0.05, 0.1) is 11.6 Å². The van der Waals surface area contributed by atoms with E-state index in [1.54, 1.807) is 6.20 Å². The molecule has 0 unspecified atom stereocenters. The molecule has 3 aromatic rings. The summed E-state index contributed by atoms with van der Waals surface area (Å²) in [6, 6.07) is 9.54. The van der Waals surface area contributed by atoms with E-state index in [2.05, 4.69) is 20.5 Å². The molecule has 130 valence electrons. The van der Waals surface area contributed by atoms with Gasteiger partial charge in [0.2, 0.25) is 5.91 Å². The van der Waals surface area contributed by atoms with Gasteiger partial charge >= 0.3 is 0 Å². The number of benzene rings is 1. The summed E-state index contributed by atoms with van der Waals surface area (Å²) < 4.78 is 5.77. The molecule has 2 heterocycles. The smallest absolute Gasteiger partial charge is 0.228 e. The first-order chi connectivity index (χ1) is 11.9. The average molecular weight is 338 g/mol. The summed E-state index contributed by atoms with van der Waals surface area (Å²) in [6.45, 7) is 7.67. The molecule has 25 heavy (non-hydrogen) atoms. The van der Waals surface area contributed by atoms with Crippen molar-refractivity contribution in [1.29, 1.82) is 0 Å². The second-order valence-electron chi connectivity index (χ2n) is 6.52. The number of ether oxygens (including phenoxy) is 1. The lowest BCUT2D eigenvalue weighted by atomic mass is 10.1. The first kappa shape index (κ1) is 17.0. The average Bonchev–Trinajstić information content (AvgIpc) is 2.97. The van der Waals surface area contributed by atoms with Gasteiger partial charge in [-0.1, -0.05) is 13.8 Å². The molecular formula is C19H22N4O2. The third-order valence-electron chi connectivity index (χ3n) is 3.72. The molecule has 0 aliphatic heterocycles. The van der Waals surface area contributed by atoms with Gasteiger partial charge in [0.1, 0.15) is 17.3 Å². The summed E-state index contributed by atoms with van der Waals surface area (Å²) in [5.41, 5.74) is 2.60. The van der Waals surface area contributed by atoms with Crippen LogP contribution < -0.4 is 10.1 Å². The largest absolute Gasteiger partial charge is 0.491 e. The number of aromatic amines is 1. The first-order valence-electron chi connectivity index (χ1n) is 8.36. The number of nitrogens with one attached hydrogen (secondary N) is 2. The summed E-state index contributed by atoms with van der Waals surface area (Å²) in [5.74, 6) is 1.14. The van der Waals surface area contributed by atoms with Crippen LogP contribution >= 0.6 is 0 Å². The Kier molecular flexibility index (Phi) is 4.70. The van der Waals surface area contributed by atoms with Crippen LogP contribution in [0.5, 0.6) is 5.75 Å². The molecule has 0 radical (unpaired) electrons. The molecule has 2 aromatic heterocycles. The molecule has 0 spiro atoms. The van der Waals surface area contributed by atoms with Crippen LogP contribution in [-0.4, -0.2) is 27.2 Å². The Balaban J connectivity index is 1.97. The van der Waals surface area contributed by atoms with Crippen molar-refractivity contribution in [3.05, 3.63) is 36.5 Å². The number of rotatable bonds is 5. The third-order valence-corrected chi connectivity index (χ3v) is 3.72. The zero-order chi connectivity index (χ0) is 18.0. The Morgan fingerprint density at radius 1 is 1.16 bits per heavy atom. The lowest BCUT2D eigenvalue weighted by molar-refractivity contribution is -0.118. The number of pyridine rings is 1. The number of H-pyrrole nitrogens is 1. The number of hydrogen-bond donors (Lipinski definition) is 2. The maximum Gasteiger partial charge on any atom is 0.228 e. The highest BCUT2D eigenvalue weighted by Gasteiger charge is 2.13. The lowest BCUT2D eigenvalue weighted by Crippen LogP contribution is -2.18. The van der Waals surface area contributed by atoms with Crippen LogP contribution in [0.4, 0.5) is 5.82 Å². The van der Waals surface area contributed by atoms with Gasteiger partial charge in [-0.05, 0) is 44.2 Å². The van der Waals surface area contributed by atoms with E-state index in [9.17, 15) is 4.79 Å². The van der Waals surface area contributed by atoms with Crippen molar-refractivity contribution >= 4 is 22.6 Å². The standard InChI is InChI=1S/C19H22N4O2/c1-11(2)19(24)21-17-9-13(7-8-20-17)18-15-10-14(25-12(3)4)5-6-16(15)22-23-18/h5-12H,1-4H3,(H,22,23)(H,20,21,24). The van der Waals surface area contributed by atoms with E-state index >= 15 is 0 Å². The zero-order valence-corrected chi connectivity index (χ0v) is 14.8. The molecule has 6 heteroatoms. The van der Waals surface area contributed by atoms with Gasteiger partial charge in [-0.25, -0.2) is 4.98 Å². The molecule has 0 bridgehead atoms. The summed E-state index contributed by atoms with van der Waals surface area (Å²) in [6.07, 6.45) is 1.77. The van der Waals surface area contributed by atoms with E-state index in [1.165, 1.54) is 0 Å². The minimum Gasteiger partial charge on any atom is -0.491 e. The number of nitrogens with zero attached hydrogens (tertiary/aromatic N) is 2. The Bertz CT molecular complexity index is 899. The predicted molar refractivity (Wildman–Crippen MR) is 98.6 cm³/mol. The van der Waals surface area contributed by atoms with Gasteiger partial charge < -0.3 is 10.1 Å². The van der Waals surface area contributed by atoms with Crippen LogP contribution in [0, 0.1) is 5.92 Å².